The van der Waals surface area contributed by atoms with Crippen LogP contribution in [0.15, 0.2) is 89.6 Å². The van der Waals surface area contributed by atoms with Gasteiger partial charge in [-0.2, -0.15) is 0 Å². The Morgan fingerprint density at radius 2 is 1.45 bits per heavy atom. The van der Waals surface area contributed by atoms with Crippen molar-refractivity contribution in [2.45, 2.75) is 27.7 Å². The highest BCUT2D eigenvalue weighted by Gasteiger charge is 2.15. The summed E-state index contributed by atoms with van der Waals surface area (Å²) in [5.74, 6) is 1.53. The number of benzene rings is 4. The van der Waals surface area contributed by atoms with Gasteiger partial charge in [0.1, 0.15) is 28.5 Å². The van der Waals surface area contributed by atoms with Crippen LogP contribution in [0.5, 0.6) is 11.5 Å². The Bertz CT molecular complexity index is 1800. The molecule has 0 bridgehead atoms. The van der Waals surface area contributed by atoms with E-state index in [0.29, 0.717) is 17.1 Å². The summed E-state index contributed by atoms with van der Waals surface area (Å²) in [6.07, 6.45) is 2.92. The molecule has 0 aliphatic carbocycles. The van der Waals surface area contributed by atoms with Gasteiger partial charge in [-0.05, 0) is 87.4 Å². The standard InChI is InChI=1S/C32H26N2O4/c1-19-5-12-28-27(17-19)26-11-10-25(18-29(26)38-28)37-32(35)36-24-8-6-23(7-9-24)31-33-13-14-34(31)30-21(3)15-20(2)16-22(30)4/h5-18H,1-4H3. The number of aromatic nitrogens is 2. The molecule has 0 saturated carbocycles. The summed E-state index contributed by atoms with van der Waals surface area (Å²) in [5.41, 5.74) is 8.20. The van der Waals surface area contributed by atoms with Gasteiger partial charge in [0.15, 0.2) is 0 Å². The van der Waals surface area contributed by atoms with E-state index < -0.39 is 6.16 Å². The monoisotopic (exact) mass is 502 g/mol. The smallest absolute Gasteiger partial charge is 0.456 e. The molecule has 0 aliphatic rings. The number of fused-ring (bicyclic) bond motifs is 3. The molecule has 0 aliphatic heterocycles. The Labute approximate surface area is 220 Å². The molecule has 0 saturated heterocycles. The third-order valence-electron chi connectivity index (χ3n) is 6.63. The van der Waals surface area contributed by atoms with Gasteiger partial charge in [-0.15, -0.1) is 0 Å². The molecule has 2 heterocycles. The highest BCUT2D eigenvalue weighted by molar-refractivity contribution is 6.05. The van der Waals surface area contributed by atoms with Crippen molar-refractivity contribution in [1.29, 1.82) is 0 Å². The normalized spacial score (nSPS) is 11.3. The minimum Gasteiger partial charge on any atom is -0.456 e. The second-order valence-electron chi connectivity index (χ2n) is 9.61. The molecule has 38 heavy (non-hydrogen) atoms. The lowest BCUT2D eigenvalue weighted by molar-refractivity contribution is 0.152. The maximum atomic E-state index is 12.5. The van der Waals surface area contributed by atoms with Crippen LogP contribution >= 0.6 is 0 Å². The number of ether oxygens (including phenoxy) is 2. The predicted octanol–water partition coefficient (Wildman–Crippen LogP) is 8.25. The number of imidazole rings is 1. The number of nitrogens with zero attached hydrogens (tertiary/aromatic N) is 2. The van der Waals surface area contributed by atoms with Gasteiger partial charge in [0, 0.05) is 34.8 Å². The summed E-state index contributed by atoms with van der Waals surface area (Å²) in [6.45, 7) is 8.35. The molecule has 6 rings (SSSR count). The van der Waals surface area contributed by atoms with Crippen LogP contribution in [0, 0.1) is 27.7 Å². The predicted molar refractivity (Wildman–Crippen MR) is 148 cm³/mol. The van der Waals surface area contributed by atoms with E-state index in [1.807, 2.05) is 43.5 Å². The highest BCUT2D eigenvalue weighted by Crippen LogP contribution is 2.32. The van der Waals surface area contributed by atoms with Crippen LogP contribution in [-0.2, 0) is 0 Å². The van der Waals surface area contributed by atoms with Crippen molar-refractivity contribution in [3.63, 3.8) is 0 Å². The molecule has 0 unspecified atom stereocenters. The maximum absolute atomic E-state index is 12.5. The van der Waals surface area contributed by atoms with E-state index >= 15 is 0 Å². The number of hydrogen-bond donors (Lipinski definition) is 0. The molecule has 6 nitrogen and oxygen atoms in total. The average molecular weight is 503 g/mol. The van der Waals surface area contributed by atoms with Crippen molar-refractivity contribution in [3.8, 4) is 28.6 Å². The summed E-state index contributed by atoms with van der Waals surface area (Å²) in [6, 6.07) is 22.9. The number of rotatable bonds is 4. The molecular weight excluding hydrogens is 476 g/mol. The van der Waals surface area contributed by atoms with Crippen molar-refractivity contribution >= 4 is 28.1 Å². The molecular formula is C32H26N2O4. The van der Waals surface area contributed by atoms with Crippen LogP contribution in [0.3, 0.4) is 0 Å². The lowest BCUT2D eigenvalue weighted by Crippen LogP contribution is -2.13. The fourth-order valence-corrected chi connectivity index (χ4v) is 5.07. The van der Waals surface area contributed by atoms with Gasteiger partial charge < -0.3 is 13.9 Å². The fourth-order valence-electron chi connectivity index (χ4n) is 5.07. The third kappa shape index (κ3) is 4.30. The molecule has 6 heteroatoms. The lowest BCUT2D eigenvalue weighted by Gasteiger charge is -2.15. The second-order valence-corrected chi connectivity index (χ2v) is 9.61. The van der Waals surface area contributed by atoms with Crippen LogP contribution < -0.4 is 9.47 Å². The quantitative estimate of drug-likeness (QED) is 0.179. The molecule has 188 valence electrons. The van der Waals surface area contributed by atoms with Crippen molar-refractivity contribution in [2.24, 2.45) is 0 Å². The first-order valence-electron chi connectivity index (χ1n) is 12.4. The lowest BCUT2D eigenvalue weighted by atomic mass is 10.0. The van der Waals surface area contributed by atoms with E-state index in [0.717, 1.165) is 39.0 Å². The van der Waals surface area contributed by atoms with Gasteiger partial charge in [0.25, 0.3) is 0 Å². The number of aryl methyl sites for hydroxylation is 4. The van der Waals surface area contributed by atoms with E-state index in [-0.39, 0.29) is 0 Å². The highest BCUT2D eigenvalue weighted by atomic mass is 16.7. The Morgan fingerprint density at radius 1 is 0.737 bits per heavy atom. The Hall–Kier alpha value is -4.84. The van der Waals surface area contributed by atoms with Gasteiger partial charge in [-0.3, -0.25) is 4.57 Å². The molecule has 0 amide bonds. The number of furan rings is 1. The number of carbonyl (C=O) groups is 1. The zero-order chi connectivity index (χ0) is 26.4. The van der Waals surface area contributed by atoms with Gasteiger partial charge in [0.2, 0.25) is 0 Å². The van der Waals surface area contributed by atoms with Crippen LogP contribution in [0.25, 0.3) is 39.0 Å². The van der Waals surface area contributed by atoms with Crippen LogP contribution in [-0.4, -0.2) is 15.7 Å². The molecule has 4 aromatic carbocycles. The topological polar surface area (TPSA) is 66.5 Å². The van der Waals surface area contributed by atoms with Gasteiger partial charge in [0.05, 0.1) is 5.69 Å². The molecule has 0 atom stereocenters. The summed E-state index contributed by atoms with van der Waals surface area (Å²) in [4.78, 5) is 17.1. The third-order valence-corrected chi connectivity index (χ3v) is 6.63. The van der Waals surface area contributed by atoms with E-state index in [4.69, 9.17) is 13.9 Å². The molecule has 2 aromatic heterocycles. The van der Waals surface area contributed by atoms with Gasteiger partial charge in [-0.1, -0.05) is 29.3 Å². The Kier molecular flexibility index (Phi) is 5.72. The second kappa shape index (κ2) is 9.23. The molecule has 0 radical (unpaired) electrons. The Balaban J connectivity index is 1.19. The maximum Gasteiger partial charge on any atom is 0.519 e. The summed E-state index contributed by atoms with van der Waals surface area (Å²) < 4.78 is 18.9. The SMILES string of the molecule is Cc1cc(C)c(-n2ccnc2-c2ccc(OC(=O)Oc3ccc4c(c3)oc3ccc(C)cc34)cc2)c(C)c1. The van der Waals surface area contributed by atoms with E-state index in [2.05, 4.69) is 48.5 Å². The number of hydrogen-bond acceptors (Lipinski definition) is 5. The average Bonchev–Trinajstić information content (AvgIpc) is 3.48. The summed E-state index contributed by atoms with van der Waals surface area (Å²) in [7, 11) is 0. The van der Waals surface area contributed by atoms with Crippen LogP contribution in [0.2, 0.25) is 0 Å². The largest absolute Gasteiger partial charge is 0.519 e. The van der Waals surface area contributed by atoms with E-state index in [1.54, 1.807) is 30.5 Å². The van der Waals surface area contributed by atoms with Gasteiger partial charge in [-0.25, -0.2) is 9.78 Å². The molecule has 0 fully saturated rings. The van der Waals surface area contributed by atoms with Crippen molar-refractivity contribution in [2.75, 3.05) is 0 Å². The molecule has 0 spiro atoms. The van der Waals surface area contributed by atoms with Gasteiger partial charge >= 0.3 is 6.16 Å². The summed E-state index contributed by atoms with van der Waals surface area (Å²) in [5, 5.41) is 2.00. The molecule has 6 aromatic rings. The first-order valence-corrected chi connectivity index (χ1v) is 12.4. The zero-order valence-electron chi connectivity index (χ0n) is 21.6. The van der Waals surface area contributed by atoms with Crippen molar-refractivity contribution < 1.29 is 18.7 Å². The van der Waals surface area contributed by atoms with E-state index in [1.165, 1.54) is 16.7 Å². The minimum atomic E-state index is -0.823. The van der Waals surface area contributed by atoms with Crippen molar-refractivity contribution in [1.82, 2.24) is 9.55 Å². The summed E-state index contributed by atoms with van der Waals surface area (Å²) >= 11 is 0. The first kappa shape index (κ1) is 23.6. The minimum absolute atomic E-state index is 0.348. The van der Waals surface area contributed by atoms with E-state index in [9.17, 15) is 4.79 Å². The first-order chi connectivity index (χ1) is 18.4. The number of carbonyl (C=O) groups excluding carboxylic acids is 1. The van der Waals surface area contributed by atoms with Crippen molar-refractivity contribution in [3.05, 3.63) is 107 Å². The zero-order valence-corrected chi connectivity index (χ0v) is 21.6. The fraction of sp³-hybridized carbons (Fsp3) is 0.125. The molecule has 0 N–H and O–H groups in total. The van der Waals surface area contributed by atoms with Crippen LogP contribution in [0.4, 0.5) is 4.79 Å². The van der Waals surface area contributed by atoms with Crippen LogP contribution in [0.1, 0.15) is 22.3 Å². The Morgan fingerprint density at radius 3 is 2.21 bits per heavy atom.